The number of nitrogens with zero attached hydrogens (tertiary/aromatic N) is 6. The number of guanidine groups is 1. The molecule has 0 fully saturated rings. The van der Waals surface area contributed by atoms with Crippen LogP contribution in [0.3, 0.4) is 0 Å². The van der Waals surface area contributed by atoms with E-state index in [0.717, 1.165) is 24.6 Å². The number of anilines is 1. The fourth-order valence-electron chi connectivity index (χ4n) is 3.36. The van der Waals surface area contributed by atoms with Crippen LogP contribution in [0.1, 0.15) is 23.4 Å². The summed E-state index contributed by atoms with van der Waals surface area (Å²) in [5.41, 5.74) is 9.39. The molecule has 3 rings (SSSR count). The van der Waals surface area contributed by atoms with E-state index in [9.17, 15) is 5.26 Å². The Balaban J connectivity index is 1.58. The molecule has 0 aliphatic carbocycles. The molecule has 0 saturated carbocycles. The number of aliphatic imine (C=N–C) groups is 1. The van der Waals surface area contributed by atoms with Gasteiger partial charge in [0, 0.05) is 39.6 Å². The van der Waals surface area contributed by atoms with Crippen LogP contribution >= 0.6 is 0 Å². The zero-order valence-corrected chi connectivity index (χ0v) is 17.7. The first kappa shape index (κ1) is 21.0. The summed E-state index contributed by atoms with van der Waals surface area (Å²) >= 11 is 0. The molecule has 3 aromatic rings. The Kier molecular flexibility index (Phi) is 6.75. The number of aryl methyl sites for hydroxylation is 2. The van der Waals surface area contributed by atoms with Crippen molar-refractivity contribution >= 4 is 11.8 Å². The largest absolute Gasteiger partial charge is 0.382 e. The van der Waals surface area contributed by atoms with E-state index in [1.807, 2.05) is 56.7 Å². The van der Waals surface area contributed by atoms with Crippen LogP contribution in [-0.2, 0) is 20.0 Å². The molecule has 156 valence electrons. The van der Waals surface area contributed by atoms with Gasteiger partial charge in [0.05, 0.1) is 17.9 Å². The van der Waals surface area contributed by atoms with Crippen molar-refractivity contribution in [2.24, 2.45) is 12.0 Å². The van der Waals surface area contributed by atoms with Crippen LogP contribution in [-0.4, -0.2) is 45.8 Å². The Labute approximate surface area is 177 Å². The Morgan fingerprint density at radius 1 is 1.27 bits per heavy atom. The van der Waals surface area contributed by atoms with Crippen molar-refractivity contribution in [3.8, 4) is 11.8 Å². The van der Waals surface area contributed by atoms with Gasteiger partial charge < -0.3 is 20.5 Å². The highest BCUT2D eigenvalue weighted by Gasteiger charge is 2.16. The van der Waals surface area contributed by atoms with Gasteiger partial charge in [-0.1, -0.05) is 18.2 Å². The van der Waals surface area contributed by atoms with Crippen LogP contribution in [0.15, 0.2) is 53.7 Å². The molecular formula is C22H28N8. The van der Waals surface area contributed by atoms with Crippen molar-refractivity contribution in [2.45, 2.75) is 19.4 Å². The van der Waals surface area contributed by atoms with E-state index >= 15 is 0 Å². The maximum atomic E-state index is 9.53. The van der Waals surface area contributed by atoms with Crippen LogP contribution in [0, 0.1) is 11.3 Å². The Hall–Kier alpha value is -3.73. The van der Waals surface area contributed by atoms with Crippen molar-refractivity contribution in [3.05, 3.63) is 65.6 Å². The third-order valence-corrected chi connectivity index (χ3v) is 5.00. The molecule has 8 nitrogen and oxygen atoms in total. The normalized spacial score (nSPS) is 11.3. The monoisotopic (exact) mass is 404 g/mol. The number of aromatic nitrogens is 3. The highest BCUT2D eigenvalue weighted by atomic mass is 15.3. The molecule has 0 unspecified atom stereocenters. The molecule has 0 radical (unpaired) electrons. The smallest absolute Gasteiger partial charge is 0.193 e. The van der Waals surface area contributed by atoms with Gasteiger partial charge in [-0.2, -0.15) is 10.4 Å². The number of nitrogen functional groups attached to an aromatic ring is 1. The fraction of sp³-hybridized carbons (Fsp3) is 0.318. The average Bonchev–Trinajstić information content (AvgIpc) is 3.30. The zero-order valence-electron chi connectivity index (χ0n) is 17.7. The van der Waals surface area contributed by atoms with Crippen LogP contribution in [0.2, 0.25) is 0 Å². The molecule has 30 heavy (non-hydrogen) atoms. The fourth-order valence-corrected chi connectivity index (χ4v) is 3.36. The molecule has 0 amide bonds. The first-order chi connectivity index (χ1) is 14.5. The summed E-state index contributed by atoms with van der Waals surface area (Å²) in [7, 11) is 5.82. The van der Waals surface area contributed by atoms with Gasteiger partial charge in [0.2, 0.25) is 0 Å². The molecule has 2 aromatic heterocycles. The number of hydrogen-bond acceptors (Lipinski definition) is 4. The standard InChI is InChI=1S/C22H28N8/c1-25-22(29(3)16-18-11-8-14-28(18)2)26-13-7-12-20-19(15-23)21(24)30(27-20)17-9-5-4-6-10-17/h4-6,8-11,14H,7,12-13,16,24H2,1-3H3,(H,25,26). The molecular weight excluding hydrogens is 376 g/mol. The van der Waals surface area contributed by atoms with Gasteiger partial charge in [-0.05, 0) is 37.1 Å². The number of rotatable bonds is 7. The predicted molar refractivity (Wildman–Crippen MR) is 119 cm³/mol. The molecule has 0 atom stereocenters. The van der Waals surface area contributed by atoms with E-state index in [1.54, 1.807) is 11.7 Å². The van der Waals surface area contributed by atoms with Crippen LogP contribution in [0.5, 0.6) is 0 Å². The molecule has 3 N–H and O–H groups in total. The summed E-state index contributed by atoms with van der Waals surface area (Å²) in [6.45, 7) is 1.48. The highest BCUT2D eigenvalue weighted by molar-refractivity contribution is 5.79. The molecule has 2 heterocycles. The molecule has 0 aliphatic heterocycles. The third-order valence-electron chi connectivity index (χ3n) is 5.00. The van der Waals surface area contributed by atoms with Crippen molar-refractivity contribution < 1.29 is 0 Å². The van der Waals surface area contributed by atoms with Crippen molar-refractivity contribution in [1.29, 1.82) is 5.26 Å². The minimum Gasteiger partial charge on any atom is -0.382 e. The number of nitrogens with one attached hydrogen (secondary N) is 1. The van der Waals surface area contributed by atoms with Crippen LogP contribution in [0.25, 0.3) is 5.69 Å². The number of hydrogen-bond donors (Lipinski definition) is 2. The lowest BCUT2D eigenvalue weighted by atomic mass is 10.1. The van der Waals surface area contributed by atoms with Gasteiger partial charge in [0.25, 0.3) is 0 Å². The van der Waals surface area contributed by atoms with E-state index in [1.165, 1.54) is 5.69 Å². The van der Waals surface area contributed by atoms with E-state index in [-0.39, 0.29) is 0 Å². The molecule has 0 aliphatic rings. The summed E-state index contributed by atoms with van der Waals surface area (Å²) in [6, 6.07) is 15.9. The summed E-state index contributed by atoms with van der Waals surface area (Å²) in [5.74, 6) is 1.20. The second-order valence-electron chi connectivity index (χ2n) is 7.11. The minimum atomic E-state index is 0.379. The van der Waals surface area contributed by atoms with E-state index in [0.29, 0.717) is 30.0 Å². The zero-order chi connectivity index (χ0) is 21.5. The van der Waals surface area contributed by atoms with Crippen molar-refractivity contribution in [2.75, 3.05) is 26.4 Å². The summed E-state index contributed by atoms with van der Waals surface area (Å²) in [5, 5.41) is 17.5. The molecule has 8 heteroatoms. The van der Waals surface area contributed by atoms with Gasteiger partial charge in [0.15, 0.2) is 5.96 Å². The minimum absolute atomic E-state index is 0.379. The number of nitriles is 1. The lowest BCUT2D eigenvalue weighted by molar-refractivity contribution is 0.461. The second kappa shape index (κ2) is 9.65. The van der Waals surface area contributed by atoms with Crippen molar-refractivity contribution in [1.82, 2.24) is 24.6 Å². The van der Waals surface area contributed by atoms with Gasteiger partial charge >= 0.3 is 0 Å². The SMILES string of the molecule is CN=C(NCCCc1nn(-c2ccccc2)c(N)c1C#N)N(C)Cc1cccn1C. The van der Waals surface area contributed by atoms with E-state index < -0.39 is 0 Å². The Morgan fingerprint density at radius 2 is 2.03 bits per heavy atom. The summed E-state index contributed by atoms with van der Waals surface area (Å²) in [6.07, 6.45) is 3.49. The maximum absolute atomic E-state index is 9.53. The van der Waals surface area contributed by atoms with E-state index in [2.05, 4.69) is 37.0 Å². The summed E-state index contributed by atoms with van der Waals surface area (Å²) in [4.78, 5) is 6.45. The number of benzene rings is 1. The van der Waals surface area contributed by atoms with Gasteiger partial charge in [-0.25, -0.2) is 4.68 Å². The topological polar surface area (TPSA) is 100 Å². The quantitative estimate of drug-likeness (QED) is 0.358. The molecule has 1 aromatic carbocycles. The van der Waals surface area contributed by atoms with Gasteiger partial charge in [-0.15, -0.1) is 0 Å². The highest BCUT2D eigenvalue weighted by Crippen LogP contribution is 2.21. The lowest BCUT2D eigenvalue weighted by Crippen LogP contribution is -2.39. The number of para-hydroxylation sites is 1. The predicted octanol–water partition coefficient (Wildman–Crippen LogP) is 2.30. The first-order valence-corrected chi connectivity index (χ1v) is 9.90. The third kappa shape index (κ3) is 4.63. The van der Waals surface area contributed by atoms with Gasteiger partial charge in [0.1, 0.15) is 17.5 Å². The molecule has 0 saturated heterocycles. The molecule has 0 spiro atoms. The summed E-state index contributed by atoms with van der Waals surface area (Å²) < 4.78 is 3.73. The molecule has 0 bridgehead atoms. The lowest BCUT2D eigenvalue weighted by Gasteiger charge is -2.22. The van der Waals surface area contributed by atoms with Crippen LogP contribution < -0.4 is 11.1 Å². The Bertz CT molecular complexity index is 1040. The first-order valence-electron chi connectivity index (χ1n) is 9.90. The second-order valence-corrected chi connectivity index (χ2v) is 7.11. The van der Waals surface area contributed by atoms with E-state index in [4.69, 9.17) is 5.73 Å². The number of nitrogens with two attached hydrogens (primary N) is 1. The van der Waals surface area contributed by atoms with Crippen LogP contribution in [0.4, 0.5) is 5.82 Å². The average molecular weight is 405 g/mol. The maximum Gasteiger partial charge on any atom is 0.193 e. The van der Waals surface area contributed by atoms with Gasteiger partial charge in [-0.3, -0.25) is 4.99 Å². The Morgan fingerprint density at radius 3 is 2.67 bits per heavy atom. The van der Waals surface area contributed by atoms with Crippen molar-refractivity contribution in [3.63, 3.8) is 0 Å².